The first kappa shape index (κ1) is 11.1. The van der Waals surface area contributed by atoms with Crippen LogP contribution in [0.4, 0.5) is 0 Å². The lowest BCUT2D eigenvalue weighted by molar-refractivity contribution is 0.0926. The molecule has 0 radical (unpaired) electrons. The van der Waals surface area contributed by atoms with Crippen molar-refractivity contribution in [2.45, 2.75) is 52.1 Å². The third-order valence-electron chi connectivity index (χ3n) is 4.20. The maximum absolute atomic E-state index is 10.7. The fraction of sp³-hybridized carbons (Fsp3) is 0.600. The Bertz CT molecular complexity index is 489. The van der Waals surface area contributed by atoms with E-state index in [1.54, 1.807) is 6.26 Å². The fourth-order valence-corrected chi connectivity index (χ4v) is 3.46. The monoisotopic (exact) mass is 232 g/mol. The molecule has 3 rings (SSSR count). The zero-order valence-electron chi connectivity index (χ0n) is 10.8. The third-order valence-corrected chi connectivity index (χ3v) is 4.20. The van der Waals surface area contributed by atoms with Crippen LogP contribution in [0.5, 0.6) is 0 Å². The third kappa shape index (κ3) is 1.75. The van der Waals surface area contributed by atoms with Crippen LogP contribution in [0.3, 0.4) is 0 Å². The molecular formula is C15H20O2. The SMILES string of the molecule is CC1(C)CC2=C(C1)C(C)(O)Cc1cocc1C2. The molecule has 1 aromatic rings. The summed E-state index contributed by atoms with van der Waals surface area (Å²) in [6.07, 6.45) is 7.40. The van der Waals surface area contributed by atoms with Gasteiger partial charge in [0.05, 0.1) is 18.1 Å². The van der Waals surface area contributed by atoms with Crippen LogP contribution in [0.1, 0.15) is 44.7 Å². The Kier molecular flexibility index (Phi) is 2.13. The average molecular weight is 232 g/mol. The molecule has 0 saturated carbocycles. The van der Waals surface area contributed by atoms with Gasteiger partial charge in [-0.3, -0.25) is 0 Å². The summed E-state index contributed by atoms with van der Waals surface area (Å²) in [5.41, 5.74) is 4.74. The molecule has 0 saturated heterocycles. The van der Waals surface area contributed by atoms with Crippen molar-refractivity contribution < 1.29 is 9.52 Å². The molecule has 0 spiro atoms. The normalized spacial score (nSPS) is 31.1. The van der Waals surface area contributed by atoms with Crippen LogP contribution in [0.2, 0.25) is 0 Å². The van der Waals surface area contributed by atoms with E-state index < -0.39 is 5.60 Å². The summed E-state index contributed by atoms with van der Waals surface area (Å²) in [5.74, 6) is 0. The molecule has 0 bridgehead atoms. The lowest BCUT2D eigenvalue weighted by Gasteiger charge is -2.27. The van der Waals surface area contributed by atoms with E-state index in [4.69, 9.17) is 4.42 Å². The van der Waals surface area contributed by atoms with Gasteiger partial charge in [-0.15, -0.1) is 0 Å². The van der Waals surface area contributed by atoms with Gasteiger partial charge < -0.3 is 9.52 Å². The molecule has 0 aliphatic heterocycles. The van der Waals surface area contributed by atoms with Gasteiger partial charge in [0, 0.05) is 6.42 Å². The molecular weight excluding hydrogens is 212 g/mol. The first-order chi connectivity index (χ1) is 7.87. The molecule has 17 heavy (non-hydrogen) atoms. The van der Waals surface area contributed by atoms with Crippen LogP contribution >= 0.6 is 0 Å². The Morgan fingerprint density at radius 1 is 1.06 bits per heavy atom. The van der Waals surface area contributed by atoms with E-state index in [0.29, 0.717) is 11.8 Å². The number of rotatable bonds is 0. The molecule has 0 fully saturated rings. The summed E-state index contributed by atoms with van der Waals surface area (Å²) < 4.78 is 5.28. The highest BCUT2D eigenvalue weighted by Crippen LogP contribution is 2.48. The van der Waals surface area contributed by atoms with Gasteiger partial charge in [0.1, 0.15) is 0 Å². The maximum Gasteiger partial charge on any atom is 0.0940 e. The molecule has 1 unspecified atom stereocenters. The van der Waals surface area contributed by atoms with Crippen LogP contribution in [-0.2, 0) is 12.8 Å². The van der Waals surface area contributed by atoms with Gasteiger partial charge in [0.25, 0.3) is 0 Å². The first-order valence-electron chi connectivity index (χ1n) is 6.35. The van der Waals surface area contributed by atoms with E-state index in [2.05, 4.69) is 13.8 Å². The summed E-state index contributed by atoms with van der Waals surface area (Å²) in [5, 5.41) is 10.7. The molecule has 0 aromatic carbocycles. The number of fused-ring (bicyclic) bond motifs is 1. The number of furan rings is 1. The summed E-state index contributed by atoms with van der Waals surface area (Å²) >= 11 is 0. The van der Waals surface area contributed by atoms with E-state index >= 15 is 0 Å². The Labute approximate surface area is 102 Å². The number of hydrogen-bond acceptors (Lipinski definition) is 2. The highest BCUT2D eigenvalue weighted by molar-refractivity contribution is 5.41. The minimum Gasteiger partial charge on any atom is -0.472 e. The number of hydrogen-bond donors (Lipinski definition) is 1. The van der Waals surface area contributed by atoms with Gasteiger partial charge in [-0.2, -0.15) is 0 Å². The molecule has 1 N–H and O–H groups in total. The van der Waals surface area contributed by atoms with Crippen LogP contribution in [-0.4, -0.2) is 10.7 Å². The van der Waals surface area contributed by atoms with Crippen molar-refractivity contribution in [3.63, 3.8) is 0 Å². The lowest BCUT2D eigenvalue weighted by atomic mass is 9.83. The molecule has 2 aliphatic rings. The molecule has 2 nitrogen and oxygen atoms in total. The van der Waals surface area contributed by atoms with Crippen molar-refractivity contribution in [2.75, 3.05) is 0 Å². The van der Waals surface area contributed by atoms with Crippen molar-refractivity contribution in [1.29, 1.82) is 0 Å². The fourth-order valence-electron chi connectivity index (χ4n) is 3.46. The predicted octanol–water partition coefficient (Wildman–Crippen LogP) is 3.25. The van der Waals surface area contributed by atoms with E-state index in [1.807, 2.05) is 13.2 Å². The molecule has 92 valence electrons. The van der Waals surface area contributed by atoms with Gasteiger partial charge >= 0.3 is 0 Å². The molecule has 1 heterocycles. The van der Waals surface area contributed by atoms with Crippen molar-refractivity contribution in [3.8, 4) is 0 Å². The van der Waals surface area contributed by atoms with E-state index in [9.17, 15) is 5.11 Å². The van der Waals surface area contributed by atoms with Crippen molar-refractivity contribution in [3.05, 3.63) is 34.8 Å². The van der Waals surface area contributed by atoms with Crippen LogP contribution < -0.4 is 0 Å². The number of aliphatic hydroxyl groups is 1. The Hall–Kier alpha value is -1.02. The largest absolute Gasteiger partial charge is 0.472 e. The van der Waals surface area contributed by atoms with Crippen LogP contribution in [0, 0.1) is 5.41 Å². The summed E-state index contributed by atoms with van der Waals surface area (Å²) in [6.45, 7) is 6.52. The molecule has 1 aromatic heterocycles. The minimum atomic E-state index is -0.696. The Balaban J connectivity index is 2.06. The van der Waals surface area contributed by atoms with E-state index in [1.165, 1.54) is 22.3 Å². The van der Waals surface area contributed by atoms with Gasteiger partial charge in [0.2, 0.25) is 0 Å². The zero-order valence-corrected chi connectivity index (χ0v) is 10.8. The summed E-state index contributed by atoms with van der Waals surface area (Å²) in [7, 11) is 0. The Morgan fingerprint density at radius 3 is 2.53 bits per heavy atom. The van der Waals surface area contributed by atoms with Crippen molar-refractivity contribution in [1.82, 2.24) is 0 Å². The first-order valence-corrected chi connectivity index (χ1v) is 6.35. The van der Waals surface area contributed by atoms with Gasteiger partial charge in [-0.25, -0.2) is 0 Å². The van der Waals surface area contributed by atoms with Gasteiger partial charge in [-0.1, -0.05) is 19.4 Å². The van der Waals surface area contributed by atoms with Gasteiger partial charge in [-0.05, 0) is 48.3 Å². The molecule has 2 heteroatoms. The van der Waals surface area contributed by atoms with Crippen molar-refractivity contribution >= 4 is 0 Å². The second-order valence-electron chi connectivity index (χ2n) is 6.65. The maximum atomic E-state index is 10.7. The minimum absolute atomic E-state index is 0.301. The highest BCUT2D eigenvalue weighted by atomic mass is 16.3. The van der Waals surface area contributed by atoms with Crippen LogP contribution in [0.25, 0.3) is 0 Å². The van der Waals surface area contributed by atoms with Crippen molar-refractivity contribution in [2.24, 2.45) is 5.41 Å². The van der Waals surface area contributed by atoms with Gasteiger partial charge in [0.15, 0.2) is 0 Å². The second kappa shape index (κ2) is 3.26. The average Bonchev–Trinajstić information content (AvgIpc) is 2.69. The summed E-state index contributed by atoms with van der Waals surface area (Å²) in [4.78, 5) is 0. The highest BCUT2D eigenvalue weighted by Gasteiger charge is 2.41. The standard InChI is InChI=1S/C15H20O2/c1-14(2)5-10-4-11-8-17-9-12(11)6-15(3,16)13(10)7-14/h8-9,16H,4-7H2,1-3H3. The van der Waals surface area contributed by atoms with Crippen LogP contribution in [0.15, 0.2) is 28.1 Å². The number of allylic oxidation sites excluding steroid dienone is 1. The quantitative estimate of drug-likeness (QED) is 0.697. The molecule has 2 aliphatic carbocycles. The lowest BCUT2D eigenvalue weighted by Crippen LogP contribution is -2.30. The smallest absolute Gasteiger partial charge is 0.0940 e. The second-order valence-corrected chi connectivity index (χ2v) is 6.65. The Morgan fingerprint density at radius 2 is 1.76 bits per heavy atom. The topological polar surface area (TPSA) is 33.4 Å². The van der Waals surface area contributed by atoms with E-state index in [-0.39, 0.29) is 0 Å². The molecule has 1 atom stereocenters. The zero-order chi connectivity index (χ0) is 12.3. The predicted molar refractivity (Wildman–Crippen MR) is 66.8 cm³/mol. The summed E-state index contributed by atoms with van der Waals surface area (Å²) in [6, 6.07) is 0. The van der Waals surface area contributed by atoms with E-state index in [0.717, 1.165) is 19.3 Å². The molecule has 0 amide bonds.